The van der Waals surface area contributed by atoms with E-state index in [1.165, 1.54) is 0 Å². The highest BCUT2D eigenvalue weighted by Gasteiger charge is 2.72. The van der Waals surface area contributed by atoms with Crippen molar-refractivity contribution in [3.05, 3.63) is 68.6 Å². The Hall–Kier alpha value is -1.74. The molecule has 0 unspecified atom stereocenters. The van der Waals surface area contributed by atoms with Crippen molar-refractivity contribution in [2.75, 3.05) is 7.11 Å². The monoisotopic (exact) mass is 856 g/mol. The Morgan fingerprint density at radius 2 is 1.30 bits per heavy atom. The number of fused-ring (bicyclic) bond motifs is 5. The van der Waals surface area contributed by atoms with E-state index in [-0.39, 0.29) is 63.2 Å². The Morgan fingerprint density at radius 1 is 0.755 bits per heavy atom. The summed E-state index contributed by atoms with van der Waals surface area (Å²) in [6, 6.07) is 14.8. The number of carbonyl (C=O) groups is 2. The molecule has 8 heteroatoms. The first-order chi connectivity index (χ1) is 24.7. The van der Waals surface area contributed by atoms with Gasteiger partial charge in [0.15, 0.2) is 0 Å². The van der Waals surface area contributed by atoms with Gasteiger partial charge in [-0.25, -0.2) is 9.59 Å². The Morgan fingerprint density at radius 3 is 1.87 bits per heavy atom. The van der Waals surface area contributed by atoms with E-state index in [1.807, 2.05) is 55.5 Å². The molecule has 0 radical (unpaired) electrons. The highest BCUT2D eigenvalue weighted by molar-refractivity contribution is 9.10. The zero-order chi connectivity index (χ0) is 38.8. The van der Waals surface area contributed by atoms with Crippen LogP contribution in [0.3, 0.4) is 0 Å². The Kier molecular flexibility index (Phi) is 11.3. The third-order valence-electron chi connectivity index (χ3n) is 15.8. The summed E-state index contributed by atoms with van der Waals surface area (Å²) >= 11 is 6.98. The summed E-state index contributed by atoms with van der Waals surface area (Å²) < 4.78 is 20.7. The van der Waals surface area contributed by atoms with E-state index in [2.05, 4.69) is 80.3 Å². The average molecular weight is 859 g/mol. The van der Waals surface area contributed by atoms with Crippen molar-refractivity contribution in [1.29, 1.82) is 0 Å². The summed E-state index contributed by atoms with van der Waals surface area (Å²) in [5.41, 5.74) is -0.451. The van der Waals surface area contributed by atoms with Gasteiger partial charge >= 0.3 is 11.9 Å². The zero-order valence-electron chi connectivity index (χ0n) is 33.4. The van der Waals surface area contributed by atoms with E-state index in [1.54, 1.807) is 7.11 Å². The van der Waals surface area contributed by atoms with Crippen molar-refractivity contribution >= 4 is 43.8 Å². The highest BCUT2D eigenvalue weighted by atomic mass is 79.9. The van der Waals surface area contributed by atoms with Crippen LogP contribution in [0.5, 0.6) is 0 Å². The maximum atomic E-state index is 14.0. The summed E-state index contributed by atoms with van der Waals surface area (Å²) in [7, 11) is 1.75. The van der Waals surface area contributed by atoms with E-state index in [9.17, 15) is 14.7 Å². The number of benzene rings is 2. The highest BCUT2D eigenvalue weighted by Crippen LogP contribution is 2.76. The molecule has 2 aromatic carbocycles. The van der Waals surface area contributed by atoms with Gasteiger partial charge in [-0.1, -0.05) is 66.5 Å². The Balaban J connectivity index is 1.32. The lowest BCUT2D eigenvalue weighted by molar-refractivity contribution is -0.246. The van der Waals surface area contributed by atoms with Crippen LogP contribution in [0, 0.1) is 45.3 Å². The molecule has 0 aromatic heterocycles. The number of methoxy groups -OCH3 is 1. The first kappa shape index (κ1) is 40.9. The molecule has 6 nitrogen and oxygen atoms in total. The minimum Gasteiger partial charge on any atom is -0.458 e. The molecule has 292 valence electrons. The topological polar surface area (TPSA) is 82.1 Å². The molecule has 6 rings (SSSR count). The molecule has 10 atom stereocenters. The van der Waals surface area contributed by atoms with Gasteiger partial charge in [-0.15, -0.1) is 0 Å². The van der Waals surface area contributed by atoms with Crippen LogP contribution in [-0.2, 0) is 14.2 Å². The molecule has 0 amide bonds. The lowest BCUT2D eigenvalue weighted by atomic mass is 9.35. The van der Waals surface area contributed by atoms with Crippen molar-refractivity contribution in [2.24, 2.45) is 45.3 Å². The van der Waals surface area contributed by atoms with Crippen molar-refractivity contribution < 1.29 is 28.9 Å². The zero-order valence-corrected chi connectivity index (χ0v) is 36.6. The second kappa shape index (κ2) is 14.6. The fourth-order valence-corrected chi connectivity index (χ4v) is 13.0. The van der Waals surface area contributed by atoms with E-state index in [0.29, 0.717) is 29.4 Å². The molecular formula is C45H62Br2O6. The summed E-state index contributed by atoms with van der Waals surface area (Å²) in [5, 5.41) is 12.4. The van der Waals surface area contributed by atoms with Gasteiger partial charge in [0.05, 0.1) is 22.3 Å². The number of hydrogen-bond acceptors (Lipinski definition) is 6. The summed E-state index contributed by atoms with van der Waals surface area (Å²) in [6.07, 6.45) is 8.45. The van der Waals surface area contributed by atoms with Gasteiger partial charge in [-0.2, -0.15) is 0 Å². The summed E-state index contributed by atoms with van der Waals surface area (Å²) in [4.78, 5) is 27.4. The maximum absolute atomic E-state index is 14.0. The quantitative estimate of drug-likeness (QED) is 0.240. The van der Waals surface area contributed by atoms with E-state index < -0.39 is 5.60 Å². The van der Waals surface area contributed by atoms with Crippen LogP contribution in [0.4, 0.5) is 0 Å². The van der Waals surface area contributed by atoms with E-state index in [0.717, 1.165) is 66.7 Å². The average Bonchev–Trinajstić information content (AvgIpc) is 3.47. The van der Waals surface area contributed by atoms with Crippen molar-refractivity contribution in [1.82, 2.24) is 0 Å². The molecule has 2 aromatic rings. The molecule has 4 aliphatic rings. The predicted octanol–water partition coefficient (Wildman–Crippen LogP) is 11.6. The van der Waals surface area contributed by atoms with Crippen LogP contribution in [0.1, 0.15) is 140 Å². The van der Waals surface area contributed by atoms with Crippen LogP contribution < -0.4 is 0 Å². The molecular weight excluding hydrogens is 796 g/mol. The number of rotatable bonds is 10. The molecule has 4 saturated carbocycles. The molecule has 0 bridgehead atoms. The van der Waals surface area contributed by atoms with Gasteiger partial charge in [-0.05, 0) is 168 Å². The number of aliphatic hydroxyl groups is 1. The molecule has 4 fully saturated rings. The normalized spacial score (nSPS) is 36.0. The smallest absolute Gasteiger partial charge is 0.338 e. The van der Waals surface area contributed by atoms with Crippen LogP contribution in [-0.4, -0.2) is 47.6 Å². The molecule has 0 saturated heterocycles. The maximum Gasteiger partial charge on any atom is 0.338 e. The van der Waals surface area contributed by atoms with Gasteiger partial charge in [0.1, 0.15) is 12.2 Å². The van der Waals surface area contributed by atoms with Crippen LogP contribution in [0.15, 0.2) is 57.5 Å². The molecule has 53 heavy (non-hydrogen) atoms. The van der Waals surface area contributed by atoms with Gasteiger partial charge in [0.2, 0.25) is 0 Å². The summed E-state index contributed by atoms with van der Waals surface area (Å²) in [5.74, 6) is 0.118. The second-order valence-electron chi connectivity index (χ2n) is 19.3. The standard InChI is InChI=1S/C45H62Br2O6/c1-40(2,51-9)22-10-23-45(8,50)32-19-25-44(7)37(32)33(52-38(48)28-11-15-30(46)16-12-28)27-35-42(5)24-21-36(41(3,4)34(42)20-26-43(35,44)6)53-39(49)29-13-17-31(47)18-14-29/h11-18,32-37,50H,10,19-27H2,1-9H3/t32-,33+,34-,35+,36-,37-,42-,43+,44+,45+/m0/s1. The summed E-state index contributed by atoms with van der Waals surface area (Å²) in [6.45, 7) is 18.3. The first-order valence-corrected chi connectivity index (χ1v) is 21.5. The number of halogens is 2. The van der Waals surface area contributed by atoms with Crippen LogP contribution in [0.2, 0.25) is 0 Å². The van der Waals surface area contributed by atoms with Crippen molar-refractivity contribution in [3.8, 4) is 0 Å². The minimum absolute atomic E-state index is 0.00868. The van der Waals surface area contributed by atoms with Crippen LogP contribution in [0.25, 0.3) is 0 Å². The van der Waals surface area contributed by atoms with Crippen LogP contribution >= 0.6 is 31.9 Å². The third-order valence-corrected chi connectivity index (χ3v) is 16.8. The van der Waals surface area contributed by atoms with Crippen molar-refractivity contribution in [3.63, 3.8) is 0 Å². The second-order valence-corrected chi connectivity index (χ2v) is 21.1. The predicted molar refractivity (Wildman–Crippen MR) is 217 cm³/mol. The number of carbonyl (C=O) groups excluding carboxylic acids is 2. The number of hydrogen-bond donors (Lipinski definition) is 1. The fraction of sp³-hybridized carbons (Fsp3) is 0.689. The first-order valence-electron chi connectivity index (χ1n) is 19.9. The molecule has 0 spiro atoms. The van der Waals surface area contributed by atoms with E-state index >= 15 is 0 Å². The van der Waals surface area contributed by atoms with Crippen molar-refractivity contribution in [2.45, 2.75) is 143 Å². The fourth-order valence-electron chi connectivity index (χ4n) is 12.5. The van der Waals surface area contributed by atoms with Gasteiger partial charge in [-0.3, -0.25) is 0 Å². The SMILES string of the molecule is COC(C)(C)CCC[C@@](C)(O)[C@H]1CC[C@]2(C)[C@@H]1[C@H](OC(=O)c1ccc(Br)cc1)C[C@@H]1[C@@]3(C)CC[C@H](OC(=O)c4ccc(Br)cc4)C(C)(C)[C@@H]3CC[C@]12C. The number of esters is 2. The van der Waals surface area contributed by atoms with E-state index in [4.69, 9.17) is 14.2 Å². The largest absolute Gasteiger partial charge is 0.458 e. The Bertz CT molecular complexity index is 1650. The Labute approximate surface area is 335 Å². The lowest BCUT2D eigenvalue weighted by Crippen LogP contribution is -2.67. The van der Waals surface area contributed by atoms with Gasteiger partial charge < -0.3 is 19.3 Å². The lowest BCUT2D eigenvalue weighted by Gasteiger charge is -2.70. The minimum atomic E-state index is -0.905. The molecule has 4 aliphatic carbocycles. The molecule has 1 N–H and O–H groups in total. The van der Waals surface area contributed by atoms with Gasteiger partial charge in [0.25, 0.3) is 0 Å². The third kappa shape index (κ3) is 7.34. The molecule has 0 heterocycles. The molecule has 0 aliphatic heterocycles. The number of ether oxygens (including phenoxy) is 3. The van der Waals surface area contributed by atoms with Gasteiger partial charge in [0, 0.05) is 27.4 Å².